The minimum absolute atomic E-state index is 0.710. The fourth-order valence-electron chi connectivity index (χ4n) is 4.21. The van der Waals surface area contributed by atoms with Gasteiger partial charge in [0.25, 0.3) is 0 Å². The summed E-state index contributed by atoms with van der Waals surface area (Å²) < 4.78 is 6.08. The molecule has 2 aromatic heterocycles. The van der Waals surface area contributed by atoms with Gasteiger partial charge in [-0.2, -0.15) is 0 Å². The lowest BCUT2D eigenvalue weighted by Crippen LogP contribution is -2.28. The summed E-state index contributed by atoms with van der Waals surface area (Å²) in [7, 11) is 0. The van der Waals surface area contributed by atoms with Gasteiger partial charge < -0.3 is 9.32 Å². The number of furan rings is 1. The molecule has 4 aromatic rings. The van der Waals surface area contributed by atoms with Crippen molar-refractivity contribution in [3.8, 4) is 11.1 Å². The summed E-state index contributed by atoms with van der Waals surface area (Å²) in [6.45, 7) is 4.64. The van der Waals surface area contributed by atoms with Gasteiger partial charge in [0.1, 0.15) is 11.3 Å². The second-order valence-corrected chi connectivity index (χ2v) is 7.66. The normalized spacial score (nSPS) is 17.9. The topological polar surface area (TPSA) is 29.3 Å². The molecule has 3 heterocycles. The van der Waals surface area contributed by atoms with Crippen molar-refractivity contribution in [2.24, 2.45) is 0 Å². The molecule has 0 bridgehead atoms. The van der Waals surface area contributed by atoms with Crippen LogP contribution in [0.15, 0.2) is 65.2 Å². The molecule has 0 unspecified atom stereocenters. The molecule has 0 saturated carbocycles. The Kier molecular flexibility index (Phi) is 4.17. The number of nitrogens with zero attached hydrogens (tertiary/aromatic N) is 2. The second kappa shape index (κ2) is 6.82. The monoisotopic (exact) mass is 356 g/mol. The third kappa shape index (κ3) is 3.24. The highest BCUT2D eigenvalue weighted by molar-refractivity contribution is 5.87. The van der Waals surface area contributed by atoms with Crippen molar-refractivity contribution < 1.29 is 4.42 Å². The minimum atomic E-state index is 0.710. The van der Waals surface area contributed by atoms with Gasteiger partial charge in [0.05, 0.1) is 5.52 Å². The van der Waals surface area contributed by atoms with Crippen molar-refractivity contribution in [2.75, 3.05) is 13.1 Å². The molecule has 5 rings (SSSR count). The maximum Gasteiger partial charge on any atom is 0.134 e. The van der Waals surface area contributed by atoms with E-state index in [0.717, 1.165) is 35.4 Å². The van der Waals surface area contributed by atoms with Crippen molar-refractivity contribution in [1.82, 2.24) is 9.88 Å². The summed E-state index contributed by atoms with van der Waals surface area (Å²) in [6.07, 6.45) is 5.58. The third-order valence-electron chi connectivity index (χ3n) is 5.83. The first kappa shape index (κ1) is 16.5. The molecule has 27 heavy (non-hydrogen) atoms. The van der Waals surface area contributed by atoms with E-state index in [-0.39, 0.29) is 0 Å². The molecule has 1 aliphatic rings. The van der Waals surface area contributed by atoms with Gasteiger partial charge in [-0.3, -0.25) is 4.98 Å². The first-order chi connectivity index (χ1) is 13.3. The summed E-state index contributed by atoms with van der Waals surface area (Å²) in [5, 5.41) is 2.34. The van der Waals surface area contributed by atoms with E-state index in [9.17, 15) is 0 Å². The molecular formula is C24H24N2O. The lowest BCUT2D eigenvalue weighted by atomic mass is 10.0. The van der Waals surface area contributed by atoms with E-state index in [0.29, 0.717) is 6.04 Å². The van der Waals surface area contributed by atoms with E-state index in [2.05, 4.69) is 59.3 Å². The van der Waals surface area contributed by atoms with Crippen molar-refractivity contribution in [1.29, 1.82) is 0 Å². The summed E-state index contributed by atoms with van der Waals surface area (Å²) in [4.78, 5) is 7.16. The zero-order chi connectivity index (χ0) is 18.2. The number of rotatable bonds is 4. The molecule has 0 aliphatic carbocycles. The van der Waals surface area contributed by atoms with Gasteiger partial charge in [0.2, 0.25) is 0 Å². The highest BCUT2D eigenvalue weighted by Gasteiger charge is 2.20. The Bertz CT molecular complexity index is 1100. The Morgan fingerprint density at radius 3 is 2.81 bits per heavy atom. The fraction of sp³-hybridized carbons (Fsp3) is 0.292. The molecule has 1 aliphatic heterocycles. The minimum Gasteiger partial charge on any atom is -0.461 e. The van der Waals surface area contributed by atoms with Crippen LogP contribution in [0.5, 0.6) is 0 Å². The lowest BCUT2D eigenvalue weighted by Gasteiger charge is -2.19. The quantitative estimate of drug-likeness (QED) is 0.471. The first-order valence-corrected chi connectivity index (χ1v) is 9.88. The average Bonchev–Trinajstić information content (AvgIpc) is 3.30. The van der Waals surface area contributed by atoms with E-state index in [1.54, 1.807) is 0 Å². The van der Waals surface area contributed by atoms with Crippen LogP contribution in [0.2, 0.25) is 0 Å². The average molecular weight is 356 g/mol. The van der Waals surface area contributed by atoms with E-state index in [1.165, 1.54) is 35.7 Å². The predicted molar refractivity (Wildman–Crippen MR) is 111 cm³/mol. The molecule has 1 saturated heterocycles. The first-order valence-electron chi connectivity index (χ1n) is 9.88. The molecule has 0 N–H and O–H groups in total. The molecule has 2 aromatic carbocycles. The summed E-state index contributed by atoms with van der Waals surface area (Å²) >= 11 is 0. The number of hydrogen-bond donors (Lipinski definition) is 0. The van der Waals surface area contributed by atoms with E-state index in [4.69, 9.17) is 4.42 Å². The van der Waals surface area contributed by atoms with Crippen LogP contribution in [0.25, 0.3) is 33.0 Å². The Morgan fingerprint density at radius 2 is 1.93 bits per heavy atom. The Balaban J connectivity index is 1.41. The number of fused-ring (bicyclic) bond motifs is 2. The van der Waals surface area contributed by atoms with Crippen LogP contribution in [0.4, 0.5) is 0 Å². The molecule has 136 valence electrons. The highest BCUT2D eigenvalue weighted by Crippen LogP contribution is 2.28. The maximum absolute atomic E-state index is 6.08. The largest absolute Gasteiger partial charge is 0.461 e. The van der Waals surface area contributed by atoms with Gasteiger partial charge >= 0.3 is 0 Å². The van der Waals surface area contributed by atoms with E-state index >= 15 is 0 Å². The molecule has 0 spiro atoms. The van der Waals surface area contributed by atoms with E-state index < -0.39 is 0 Å². The number of para-hydroxylation sites is 1. The molecule has 1 atom stereocenters. The van der Waals surface area contributed by atoms with Crippen molar-refractivity contribution in [3.63, 3.8) is 0 Å². The summed E-state index contributed by atoms with van der Waals surface area (Å²) in [5.74, 6) is 1.08. The van der Waals surface area contributed by atoms with Gasteiger partial charge in [-0.15, -0.1) is 0 Å². The number of aromatic nitrogens is 1. The van der Waals surface area contributed by atoms with Crippen molar-refractivity contribution in [2.45, 2.75) is 32.2 Å². The zero-order valence-electron chi connectivity index (χ0n) is 15.7. The van der Waals surface area contributed by atoms with Crippen molar-refractivity contribution >= 4 is 21.9 Å². The molecule has 1 fully saturated rings. The second-order valence-electron chi connectivity index (χ2n) is 7.66. The van der Waals surface area contributed by atoms with Gasteiger partial charge in [0.15, 0.2) is 0 Å². The zero-order valence-corrected chi connectivity index (χ0v) is 15.7. The van der Waals surface area contributed by atoms with Crippen LogP contribution >= 0.6 is 0 Å². The highest BCUT2D eigenvalue weighted by atomic mass is 16.3. The van der Waals surface area contributed by atoms with Crippen LogP contribution in [-0.4, -0.2) is 29.0 Å². The number of likely N-dealkylation sites (tertiary alicyclic amines) is 1. The fourth-order valence-corrected chi connectivity index (χ4v) is 4.21. The SMILES string of the molecule is C[C@@H]1CCCN1CCc1cc2cc(-c3cnc4ccccc4c3)ccc2o1. The Morgan fingerprint density at radius 1 is 1.04 bits per heavy atom. The Hall–Kier alpha value is -2.65. The molecule has 3 nitrogen and oxygen atoms in total. The molecular weight excluding hydrogens is 332 g/mol. The molecule has 3 heteroatoms. The number of hydrogen-bond acceptors (Lipinski definition) is 3. The van der Waals surface area contributed by atoms with Gasteiger partial charge in [-0.1, -0.05) is 24.3 Å². The van der Waals surface area contributed by atoms with Crippen LogP contribution < -0.4 is 0 Å². The van der Waals surface area contributed by atoms with Crippen LogP contribution in [-0.2, 0) is 6.42 Å². The number of pyridine rings is 1. The number of benzene rings is 2. The van der Waals surface area contributed by atoms with Crippen LogP contribution in [0.1, 0.15) is 25.5 Å². The molecule has 0 radical (unpaired) electrons. The third-order valence-corrected chi connectivity index (χ3v) is 5.83. The van der Waals surface area contributed by atoms with E-state index in [1.807, 2.05) is 18.3 Å². The van der Waals surface area contributed by atoms with Gasteiger partial charge in [-0.05, 0) is 62.2 Å². The van der Waals surface area contributed by atoms with Crippen LogP contribution in [0.3, 0.4) is 0 Å². The maximum atomic E-state index is 6.08. The standard InChI is InChI=1S/C24H24N2O/c1-17-5-4-11-26(17)12-10-22-15-20-13-18(8-9-24(20)27-22)21-14-19-6-2-3-7-23(19)25-16-21/h2-3,6-9,13-17H,4-5,10-12H2,1H3/t17-/m1/s1. The Labute approximate surface area is 159 Å². The predicted octanol–water partition coefficient (Wildman–Crippen LogP) is 5.67. The van der Waals surface area contributed by atoms with Gasteiger partial charge in [0, 0.05) is 41.5 Å². The lowest BCUT2D eigenvalue weighted by molar-refractivity contribution is 0.266. The van der Waals surface area contributed by atoms with Crippen LogP contribution in [0, 0.1) is 0 Å². The summed E-state index contributed by atoms with van der Waals surface area (Å²) in [5.41, 5.74) is 4.33. The smallest absolute Gasteiger partial charge is 0.134 e. The van der Waals surface area contributed by atoms with Crippen molar-refractivity contribution in [3.05, 3.63) is 66.6 Å². The van der Waals surface area contributed by atoms with Gasteiger partial charge in [-0.25, -0.2) is 0 Å². The summed E-state index contributed by atoms with van der Waals surface area (Å²) in [6, 6.07) is 19.8. The molecule has 0 amide bonds.